The van der Waals surface area contributed by atoms with Crippen LogP contribution in [0.25, 0.3) is 16.9 Å². The standard InChI is InChI=1S/C18H16N6O2/c1-11-4-2-3-5-12(11)8-19-14-7-6-13(9-20-14)24-17(25)15-16(22-10-21-15)23-18(24)26/h2-7,9-10H,8H2,1H3,(H,19,20)(H,21,22)(H,23,26). The molecule has 0 saturated carbocycles. The molecule has 3 N–H and O–H groups in total. The van der Waals surface area contributed by atoms with E-state index in [9.17, 15) is 9.59 Å². The fourth-order valence-electron chi connectivity index (χ4n) is 2.76. The molecule has 3 heterocycles. The van der Waals surface area contributed by atoms with Crippen molar-refractivity contribution in [2.24, 2.45) is 0 Å². The van der Waals surface area contributed by atoms with Gasteiger partial charge in [-0.1, -0.05) is 24.3 Å². The SMILES string of the molecule is Cc1ccccc1CNc1ccc(-n2c(=O)[nH]c3nc[nH]c3c2=O)cn1. The van der Waals surface area contributed by atoms with Gasteiger partial charge in [0.05, 0.1) is 18.2 Å². The van der Waals surface area contributed by atoms with E-state index in [1.807, 2.05) is 12.1 Å². The molecule has 4 aromatic rings. The summed E-state index contributed by atoms with van der Waals surface area (Å²) in [7, 11) is 0. The van der Waals surface area contributed by atoms with Crippen LogP contribution >= 0.6 is 0 Å². The second kappa shape index (κ2) is 6.32. The zero-order valence-electron chi connectivity index (χ0n) is 14.0. The number of benzene rings is 1. The number of hydrogen-bond acceptors (Lipinski definition) is 5. The monoisotopic (exact) mass is 348 g/mol. The molecule has 0 spiro atoms. The first-order valence-electron chi connectivity index (χ1n) is 8.07. The molecule has 0 bridgehead atoms. The highest BCUT2D eigenvalue weighted by Crippen LogP contribution is 2.12. The normalized spacial score (nSPS) is 11.0. The summed E-state index contributed by atoms with van der Waals surface area (Å²) in [5.74, 6) is 0.657. The van der Waals surface area contributed by atoms with Gasteiger partial charge in [0.1, 0.15) is 11.3 Å². The maximum absolute atomic E-state index is 12.5. The summed E-state index contributed by atoms with van der Waals surface area (Å²) in [6, 6.07) is 11.5. The Morgan fingerprint density at radius 3 is 2.73 bits per heavy atom. The van der Waals surface area contributed by atoms with Crippen molar-refractivity contribution in [3.05, 3.63) is 80.9 Å². The molecule has 0 amide bonds. The second-order valence-electron chi connectivity index (χ2n) is 5.88. The Kier molecular flexibility index (Phi) is 3.85. The Morgan fingerprint density at radius 2 is 1.96 bits per heavy atom. The molecule has 0 saturated heterocycles. The minimum absolute atomic E-state index is 0.237. The Balaban J connectivity index is 1.61. The van der Waals surface area contributed by atoms with E-state index >= 15 is 0 Å². The van der Waals surface area contributed by atoms with Gasteiger partial charge in [-0.15, -0.1) is 0 Å². The van der Waals surface area contributed by atoms with Crippen LogP contribution in [0.15, 0.2) is 58.5 Å². The number of fused-ring (bicyclic) bond motifs is 1. The fraction of sp³-hybridized carbons (Fsp3) is 0.111. The first-order chi connectivity index (χ1) is 12.6. The van der Waals surface area contributed by atoms with Crippen molar-refractivity contribution >= 4 is 17.0 Å². The van der Waals surface area contributed by atoms with Crippen molar-refractivity contribution in [2.75, 3.05) is 5.32 Å². The van der Waals surface area contributed by atoms with Gasteiger partial charge in [0, 0.05) is 6.54 Å². The number of aryl methyl sites for hydroxylation is 1. The van der Waals surface area contributed by atoms with E-state index in [1.165, 1.54) is 23.7 Å². The lowest BCUT2D eigenvalue weighted by molar-refractivity contribution is 0.889. The van der Waals surface area contributed by atoms with Crippen LogP contribution in [0.5, 0.6) is 0 Å². The van der Waals surface area contributed by atoms with E-state index in [1.54, 1.807) is 12.1 Å². The molecule has 3 aromatic heterocycles. The van der Waals surface area contributed by atoms with Crippen molar-refractivity contribution in [1.82, 2.24) is 24.5 Å². The van der Waals surface area contributed by atoms with Crippen molar-refractivity contribution < 1.29 is 0 Å². The van der Waals surface area contributed by atoms with Crippen LogP contribution < -0.4 is 16.6 Å². The van der Waals surface area contributed by atoms with Gasteiger partial charge in [-0.3, -0.25) is 9.78 Å². The number of hydrogen-bond donors (Lipinski definition) is 3. The van der Waals surface area contributed by atoms with Crippen molar-refractivity contribution in [3.8, 4) is 5.69 Å². The summed E-state index contributed by atoms with van der Waals surface area (Å²) in [6.45, 7) is 2.69. The van der Waals surface area contributed by atoms with Gasteiger partial charge in [-0.25, -0.2) is 19.3 Å². The third kappa shape index (κ3) is 2.77. The zero-order chi connectivity index (χ0) is 18.1. The average molecular weight is 348 g/mol. The molecule has 0 aliphatic rings. The van der Waals surface area contributed by atoms with E-state index in [4.69, 9.17) is 0 Å². The lowest BCUT2D eigenvalue weighted by atomic mass is 10.1. The minimum Gasteiger partial charge on any atom is -0.366 e. The van der Waals surface area contributed by atoms with E-state index in [0.717, 1.165) is 4.57 Å². The fourth-order valence-corrected chi connectivity index (χ4v) is 2.76. The zero-order valence-corrected chi connectivity index (χ0v) is 14.0. The minimum atomic E-state index is -0.558. The molecule has 0 fully saturated rings. The van der Waals surface area contributed by atoms with Crippen LogP contribution in [-0.2, 0) is 6.54 Å². The molecule has 4 rings (SSSR count). The highest BCUT2D eigenvalue weighted by Gasteiger charge is 2.11. The highest BCUT2D eigenvalue weighted by molar-refractivity contribution is 5.68. The van der Waals surface area contributed by atoms with Gasteiger partial charge in [-0.2, -0.15) is 0 Å². The number of rotatable bonds is 4. The van der Waals surface area contributed by atoms with Gasteiger partial charge < -0.3 is 10.3 Å². The molecule has 8 heteroatoms. The Morgan fingerprint density at radius 1 is 1.12 bits per heavy atom. The molecule has 0 aliphatic heterocycles. The van der Waals surface area contributed by atoms with Crippen LogP contribution in [0.1, 0.15) is 11.1 Å². The molecular formula is C18H16N6O2. The molecule has 0 radical (unpaired) electrons. The lowest BCUT2D eigenvalue weighted by Gasteiger charge is -2.09. The van der Waals surface area contributed by atoms with E-state index in [0.29, 0.717) is 18.1 Å². The van der Waals surface area contributed by atoms with Crippen LogP contribution in [0.3, 0.4) is 0 Å². The van der Waals surface area contributed by atoms with E-state index in [-0.39, 0.29) is 11.2 Å². The summed E-state index contributed by atoms with van der Waals surface area (Å²) in [5.41, 5.74) is 2.21. The van der Waals surface area contributed by atoms with Crippen LogP contribution in [0.4, 0.5) is 5.82 Å². The number of H-pyrrole nitrogens is 2. The van der Waals surface area contributed by atoms with Crippen LogP contribution in [-0.4, -0.2) is 24.5 Å². The number of pyridine rings is 1. The third-order valence-electron chi connectivity index (χ3n) is 4.21. The number of anilines is 1. The van der Waals surface area contributed by atoms with Crippen molar-refractivity contribution in [1.29, 1.82) is 0 Å². The van der Waals surface area contributed by atoms with Gasteiger partial charge in [-0.05, 0) is 30.2 Å². The first-order valence-corrected chi connectivity index (χ1v) is 8.07. The largest absolute Gasteiger partial charge is 0.366 e. The summed E-state index contributed by atoms with van der Waals surface area (Å²) in [6.07, 6.45) is 2.85. The summed E-state index contributed by atoms with van der Waals surface area (Å²) >= 11 is 0. The van der Waals surface area contributed by atoms with Gasteiger partial charge in [0.15, 0.2) is 5.65 Å². The van der Waals surface area contributed by atoms with E-state index in [2.05, 4.69) is 44.3 Å². The Hall–Kier alpha value is -3.68. The molecular weight excluding hydrogens is 332 g/mol. The quantitative estimate of drug-likeness (QED) is 0.520. The topological polar surface area (TPSA) is 108 Å². The number of nitrogens with zero attached hydrogens (tertiary/aromatic N) is 3. The smallest absolute Gasteiger partial charge is 0.334 e. The van der Waals surface area contributed by atoms with Crippen LogP contribution in [0, 0.1) is 6.92 Å². The average Bonchev–Trinajstić information content (AvgIpc) is 3.11. The molecule has 26 heavy (non-hydrogen) atoms. The lowest BCUT2D eigenvalue weighted by Crippen LogP contribution is -2.33. The molecule has 0 unspecified atom stereocenters. The van der Waals surface area contributed by atoms with E-state index < -0.39 is 11.2 Å². The number of aromatic amines is 2. The molecule has 130 valence electrons. The second-order valence-corrected chi connectivity index (χ2v) is 5.88. The third-order valence-corrected chi connectivity index (χ3v) is 4.21. The van der Waals surface area contributed by atoms with Gasteiger partial charge in [0.2, 0.25) is 0 Å². The molecule has 0 aliphatic carbocycles. The molecule has 1 aromatic carbocycles. The summed E-state index contributed by atoms with van der Waals surface area (Å²) < 4.78 is 1.03. The van der Waals surface area contributed by atoms with Crippen LogP contribution in [0.2, 0.25) is 0 Å². The predicted molar refractivity (Wildman–Crippen MR) is 98.6 cm³/mol. The maximum atomic E-state index is 12.5. The van der Waals surface area contributed by atoms with Gasteiger partial charge in [0.25, 0.3) is 5.56 Å². The maximum Gasteiger partial charge on any atom is 0.334 e. The predicted octanol–water partition coefficient (Wildman–Crippen LogP) is 1.72. The highest BCUT2D eigenvalue weighted by atomic mass is 16.2. The summed E-state index contributed by atoms with van der Waals surface area (Å²) in [4.78, 5) is 38.2. The number of nitrogens with one attached hydrogen (secondary N) is 3. The van der Waals surface area contributed by atoms with Crippen molar-refractivity contribution in [3.63, 3.8) is 0 Å². The molecule has 0 atom stereocenters. The summed E-state index contributed by atoms with van der Waals surface area (Å²) in [5, 5.41) is 3.23. The van der Waals surface area contributed by atoms with Gasteiger partial charge >= 0.3 is 5.69 Å². The number of imidazole rings is 1. The van der Waals surface area contributed by atoms with Crippen molar-refractivity contribution in [2.45, 2.75) is 13.5 Å². The molecule has 8 nitrogen and oxygen atoms in total. The first kappa shape index (κ1) is 15.8. The Labute approximate surface area is 147 Å². The number of aromatic nitrogens is 5. The Bertz CT molecular complexity index is 1190.